The molecule has 1 heterocycles. The standard InChI is InChI=1S/C10H18N2/c1-10(2,6-7-11)9-5-4-8-12(9)3/h4-5,8H,6-7,11H2,1-3H3. The molecule has 0 aliphatic rings. The summed E-state index contributed by atoms with van der Waals surface area (Å²) in [6, 6.07) is 4.24. The van der Waals surface area contributed by atoms with Gasteiger partial charge in [0, 0.05) is 24.4 Å². The van der Waals surface area contributed by atoms with Gasteiger partial charge in [-0.1, -0.05) is 13.8 Å². The molecule has 0 radical (unpaired) electrons. The van der Waals surface area contributed by atoms with Crippen LogP contribution in [-0.4, -0.2) is 11.1 Å². The fraction of sp³-hybridized carbons (Fsp3) is 0.600. The highest BCUT2D eigenvalue weighted by Crippen LogP contribution is 2.25. The van der Waals surface area contributed by atoms with Crippen molar-refractivity contribution in [3.63, 3.8) is 0 Å². The molecule has 0 aromatic carbocycles. The molecule has 0 saturated heterocycles. The summed E-state index contributed by atoms with van der Waals surface area (Å²) in [4.78, 5) is 0. The monoisotopic (exact) mass is 166 g/mol. The highest BCUT2D eigenvalue weighted by atomic mass is 14.9. The number of hydrogen-bond donors (Lipinski definition) is 1. The van der Waals surface area contributed by atoms with Gasteiger partial charge in [-0.15, -0.1) is 0 Å². The molecule has 0 unspecified atom stereocenters. The molecule has 0 spiro atoms. The average molecular weight is 166 g/mol. The largest absolute Gasteiger partial charge is 0.354 e. The molecule has 0 aliphatic heterocycles. The van der Waals surface area contributed by atoms with Gasteiger partial charge in [-0.3, -0.25) is 0 Å². The summed E-state index contributed by atoms with van der Waals surface area (Å²) in [5.41, 5.74) is 7.12. The highest BCUT2D eigenvalue weighted by Gasteiger charge is 2.21. The smallest absolute Gasteiger partial charge is 0.0228 e. The third-order valence-corrected chi connectivity index (χ3v) is 2.41. The highest BCUT2D eigenvalue weighted by molar-refractivity contribution is 5.16. The minimum absolute atomic E-state index is 0.201. The molecule has 68 valence electrons. The van der Waals surface area contributed by atoms with E-state index in [0.717, 1.165) is 13.0 Å². The van der Waals surface area contributed by atoms with Crippen LogP contribution in [0.4, 0.5) is 0 Å². The maximum absolute atomic E-state index is 5.56. The van der Waals surface area contributed by atoms with Crippen LogP contribution in [0, 0.1) is 0 Å². The lowest BCUT2D eigenvalue weighted by Gasteiger charge is -2.24. The summed E-state index contributed by atoms with van der Waals surface area (Å²) in [6.07, 6.45) is 3.11. The molecule has 1 aromatic heterocycles. The summed E-state index contributed by atoms with van der Waals surface area (Å²) in [7, 11) is 2.08. The number of hydrogen-bond acceptors (Lipinski definition) is 1. The van der Waals surface area contributed by atoms with Gasteiger partial charge >= 0.3 is 0 Å². The lowest BCUT2D eigenvalue weighted by Crippen LogP contribution is -2.24. The Labute approximate surface area is 74.4 Å². The molecule has 0 saturated carbocycles. The van der Waals surface area contributed by atoms with E-state index in [2.05, 4.69) is 43.8 Å². The van der Waals surface area contributed by atoms with E-state index in [9.17, 15) is 0 Å². The average Bonchev–Trinajstić information content (AvgIpc) is 2.35. The predicted molar refractivity (Wildman–Crippen MR) is 52.1 cm³/mol. The fourth-order valence-electron chi connectivity index (χ4n) is 1.65. The van der Waals surface area contributed by atoms with Crippen LogP contribution in [0.5, 0.6) is 0 Å². The maximum atomic E-state index is 5.56. The van der Waals surface area contributed by atoms with E-state index < -0.39 is 0 Å². The van der Waals surface area contributed by atoms with E-state index in [4.69, 9.17) is 5.73 Å². The molecule has 1 aromatic rings. The number of aryl methyl sites for hydroxylation is 1. The van der Waals surface area contributed by atoms with Crippen molar-refractivity contribution in [2.45, 2.75) is 25.7 Å². The summed E-state index contributed by atoms with van der Waals surface area (Å²) >= 11 is 0. The second kappa shape index (κ2) is 3.31. The summed E-state index contributed by atoms with van der Waals surface area (Å²) in [5, 5.41) is 0. The van der Waals surface area contributed by atoms with Crippen molar-refractivity contribution >= 4 is 0 Å². The Kier molecular flexibility index (Phi) is 2.58. The molecule has 1 rings (SSSR count). The van der Waals surface area contributed by atoms with E-state index in [1.165, 1.54) is 5.69 Å². The molecule has 0 atom stereocenters. The van der Waals surface area contributed by atoms with Gasteiger partial charge in [-0.2, -0.15) is 0 Å². The van der Waals surface area contributed by atoms with Crippen LogP contribution in [0.15, 0.2) is 18.3 Å². The molecule has 0 bridgehead atoms. The normalized spacial score (nSPS) is 12.0. The lowest BCUT2D eigenvalue weighted by molar-refractivity contribution is 0.458. The van der Waals surface area contributed by atoms with E-state index in [1.807, 2.05) is 0 Å². The van der Waals surface area contributed by atoms with Gasteiger partial charge in [0.1, 0.15) is 0 Å². The van der Waals surface area contributed by atoms with E-state index in [1.54, 1.807) is 0 Å². The van der Waals surface area contributed by atoms with Crippen LogP contribution < -0.4 is 5.73 Å². The van der Waals surface area contributed by atoms with Crippen molar-refractivity contribution in [3.8, 4) is 0 Å². The van der Waals surface area contributed by atoms with Gasteiger partial charge < -0.3 is 10.3 Å². The zero-order valence-corrected chi connectivity index (χ0v) is 8.17. The van der Waals surface area contributed by atoms with E-state index >= 15 is 0 Å². The van der Waals surface area contributed by atoms with Gasteiger partial charge in [0.2, 0.25) is 0 Å². The van der Waals surface area contributed by atoms with Crippen LogP contribution in [-0.2, 0) is 12.5 Å². The molecule has 0 aliphatic carbocycles. The summed E-state index contributed by atoms with van der Waals surface area (Å²) in [5.74, 6) is 0. The Morgan fingerprint density at radius 2 is 2.17 bits per heavy atom. The second-order valence-corrected chi connectivity index (χ2v) is 3.93. The maximum Gasteiger partial charge on any atom is 0.0228 e. The Morgan fingerprint density at radius 3 is 2.58 bits per heavy atom. The van der Waals surface area contributed by atoms with Crippen molar-refractivity contribution in [2.75, 3.05) is 6.54 Å². The van der Waals surface area contributed by atoms with Gasteiger partial charge in [0.05, 0.1) is 0 Å². The van der Waals surface area contributed by atoms with Crippen LogP contribution in [0.2, 0.25) is 0 Å². The minimum atomic E-state index is 0.201. The first-order valence-corrected chi connectivity index (χ1v) is 4.40. The van der Waals surface area contributed by atoms with Crippen molar-refractivity contribution in [1.82, 2.24) is 4.57 Å². The lowest BCUT2D eigenvalue weighted by atomic mass is 9.85. The van der Waals surface area contributed by atoms with Crippen molar-refractivity contribution in [3.05, 3.63) is 24.0 Å². The Bertz CT molecular complexity index is 248. The molecule has 0 amide bonds. The number of rotatable bonds is 3. The first-order valence-electron chi connectivity index (χ1n) is 4.40. The quantitative estimate of drug-likeness (QED) is 0.727. The zero-order valence-electron chi connectivity index (χ0n) is 8.17. The number of nitrogens with zero attached hydrogens (tertiary/aromatic N) is 1. The van der Waals surface area contributed by atoms with Crippen molar-refractivity contribution in [2.24, 2.45) is 12.8 Å². The third kappa shape index (κ3) is 1.69. The second-order valence-electron chi connectivity index (χ2n) is 3.93. The molecular weight excluding hydrogens is 148 g/mol. The minimum Gasteiger partial charge on any atom is -0.354 e. The van der Waals surface area contributed by atoms with Crippen LogP contribution in [0.1, 0.15) is 26.0 Å². The first-order chi connectivity index (χ1) is 5.58. The Morgan fingerprint density at radius 1 is 1.50 bits per heavy atom. The van der Waals surface area contributed by atoms with Gasteiger partial charge in [-0.05, 0) is 25.1 Å². The van der Waals surface area contributed by atoms with Gasteiger partial charge in [0.15, 0.2) is 0 Å². The Hall–Kier alpha value is -0.760. The fourth-order valence-corrected chi connectivity index (χ4v) is 1.65. The summed E-state index contributed by atoms with van der Waals surface area (Å²) in [6.45, 7) is 5.21. The first kappa shape index (κ1) is 9.33. The van der Waals surface area contributed by atoms with Crippen molar-refractivity contribution < 1.29 is 0 Å². The molecule has 0 fully saturated rings. The third-order valence-electron chi connectivity index (χ3n) is 2.41. The number of aromatic nitrogens is 1. The van der Waals surface area contributed by atoms with E-state index in [0.29, 0.717) is 0 Å². The molecule has 2 nitrogen and oxygen atoms in total. The molecule has 12 heavy (non-hydrogen) atoms. The van der Waals surface area contributed by atoms with Gasteiger partial charge in [-0.25, -0.2) is 0 Å². The van der Waals surface area contributed by atoms with Crippen molar-refractivity contribution in [1.29, 1.82) is 0 Å². The molecule has 2 heteroatoms. The van der Waals surface area contributed by atoms with Crippen LogP contribution >= 0.6 is 0 Å². The molecular formula is C10H18N2. The SMILES string of the molecule is Cn1cccc1C(C)(C)CCN. The van der Waals surface area contributed by atoms with Gasteiger partial charge in [0.25, 0.3) is 0 Å². The summed E-state index contributed by atoms with van der Waals surface area (Å²) < 4.78 is 2.16. The van der Waals surface area contributed by atoms with Crippen LogP contribution in [0.25, 0.3) is 0 Å². The van der Waals surface area contributed by atoms with E-state index in [-0.39, 0.29) is 5.41 Å². The Balaban J connectivity index is 2.88. The topological polar surface area (TPSA) is 30.9 Å². The number of nitrogens with two attached hydrogens (primary N) is 1. The predicted octanol–water partition coefficient (Wildman–Crippen LogP) is 1.65. The molecule has 2 N–H and O–H groups in total. The van der Waals surface area contributed by atoms with Crippen LogP contribution in [0.3, 0.4) is 0 Å². The zero-order chi connectivity index (χ0) is 9.19.